The molecule has 18 heavy (non-hydrogen) atoms. The first-order valence-electron chi connectivity index (χ1n) is 6.78. The average molecular weight is 246 g/mol. The number of benzene rings is 1. The van der Waals surface area contributed by atoms with Gasteiger partial charge in [-0.1, -0.05) is 17.7 Å². The zero-order valence-electron chi connectivity index (χ0n) is 11.1. The van der Waals surface area contributed by atoms with Crippen LogP contribution in [0.4, 0.5) is 5.69 Å². The van der Waals surface area contributed by atoms with Crippen molar-refractivity contribution in [3.8, 4) is 0 Å². The van der Waals surface area contributed by atoms with Crippen LogP contribution in [-0.2, 0) is 4.79 Å². The summed E-state index contributed by atoms with van der Waals surface area (Å²) in [6.45, 7) is 3.41. The van der Waals surface area contributed by atoms with Crippen molar-refractivity contribution in [2.24, 2.45) is 11.7 Å². The maximum absolute atomic E-state index is 12.3. The van der Waals surface area contributed by atoms with Gasteiger partial charge in [-0.3, -0.25) is 4.79 Å². The maximum Gasteiger partial charge on any atom is 0.227 e. The summed E-state index contributed by atoms with van der Waals surface area (Å²) in [4.78, 5) is 14.2. The largest absolute Gasteiger partial charge is 0.330 e. The number of aryl methyl sites for hydroxylation is 1. The minimum atomic E-state index is 0.245. The first-order chi connectivity index (χ1) is 8.70. The van der Waals surface area contributed by atoms with E-state index in [4.69, 9.17) is 5.73 Å². The van der Waals surface area contributed by atoms with Gasteiger partial charge in [-0.2, -0.15) is 0 Å². The topological polar surface area (TPSA) is 46.3 Å². The fraction of sp³-hybridized carbons (Fsp3) is 0.533. The Morgan fingerprint density at radius 3 is 2.56 bits per heavy atom. The summed E-state index contributed by atoms with van der Waals surface area (Å²) in [7, 11) is 0. The van der Waals surface area contributed by atoms with Gasteiger partial charge in [-0.05, 0) is 50.8 Å². The molecule has 1 amide bonds. The summed E-state index contributed by atoms with van der Waals surface area (Å²) >= 11 is 0. The van der Waals surface area contributed by atoms with Crippen LogP contribution in [0.5, 0.6) is 0 Å². The van der Waals surface area contributed by atoms with Crippen molar-refractivity contribution in [3.05, 3.63) is 29.8 Å². The van der Waals surface area contributed by atoms with Gasteiger partial charge < -0.3 is 10.6 Å². The van der Waals surface area contributed by atoms with E-state index >= 15 is 0 Å². The van der Waals surface area contributed by atoms with Crippen molar-refractivity contribution < 1.29 is 4.79 Å². The highest BCUT2D eigenvalue weighted by molar-refractivity contribution is 5.93. The number of nitrogens with two attached hydrogens (primary N) is 1. The highest BCUT2D eigenvalue weighted by atomic mass is 16.2. The molecule has 0 spiro atoms. The van der Waals surface area contributed by atoms with Crippen LogP contribution in [0.25, 0.3) is 0 Å². The number of hydrogen-bond donors (Lipinski definition) is 1. The van der Waals surface area contributed by atoms with Crippen LogP contribution in [0.1, 0.15) is 31.2 Å². The number of nitrogens with zero attached hydrogens (tertiary/aromatic N) is 1. The van der Waals surface area contributed by atoms with Crippen LogP contribution < -0.4 is 10.6 Å². The number of anilines is 1. The predicted molar refractivity (Wildman–Crippen MR) is 74.5 cm³/mol. The first-order valence-corrected chi connectivity index (χ1v) is 6.78. The molecule has 0 atom stereocenters. The van der Waals surface area contributed by atoms with Gasteiger partial charge in [0.2, 0.25) is 5.91 Å². The highest BCUT2D eigenvalue weighted by Crippen LogP contribution is 2.33. The summed E-state index contributed by atoms with van der Waals surface area (Å²) < 4.78 is 0. The van der Waals surface area contributed by atoms with Crippen molar-refractivity contribution in [3.63, 3.8) is 0 Å². The van der Waals surface area contributed by atoms with E-state index in [2.05, 4.69) is 19.1 Å². The Labute approximate surface area is 109 Å². The van der Waals surface area contributed by atoms with E-state index < -0.39 is 0 Å². The number of amides is 1. The Bertz CT molecular complexity index is 395. The van der Waals surface area contributed by atoms with E-state index in [1.165, 1.54) is 18.4 Å². The van der Waals surface area contributed by atoms with Gasteiger partial charge in [0.1, 0.15) is 0 Å². The van der Waals surface area contributed by atoms with Crippen molar-refractivity contribution in [2.75, 3.05) is 18.0 Å². The maximum atomic E-state index is 12.3. The van der Waals surface area contributed by atoms with Crippen LogP contribution in [-0.4, -0.2) is 19.0 Å². The van der Waals surface area contributed by atoms with Crippen LogP contribution in [0.2, 0.25) is 0 Å². The van der Waals surface area contributed by atoms with Gasteiger partial charge >= 0.3 is 0 Å². The number of carbonyl (C=O) groups excluding carboxylic acids is 1. The Morgan fingerprint density at radius 1 is 1.33 bits per heavy atom. The Kier molecular flexibility index (Phi) is 4.37. The molecule has 3 heteroatoms. The molecule has 1 aromatic carbocycles. The van der Waals surface area contributed by atoms with Gasteiger partial charge in [0.15, 0.2) is 0 Å². The molecule has 2 N–H and O–H groups in total. The van der Waals surface area contributed by atoms with Gasteiger partial charge in [-0.15, -0.1) is 0 Å². The minimum absolute atomic E-state index is 0.245. The SMILES string of the molecule is Cc1ccc(N(CCCN)C(=O)CC2CC2)cc1. The predicted octanol–water partition coefficient (Wildman–Crippen LogP) is 2.48. The number of rotatable bonds is 6. The molecular formula is C15H22N2O. The van der Waals surface area contributed by atoms with Gasteiger partial charge in [0, 0.05) is 18.7 Å². The van der Waals surface area contributed by atoms with Gasteiger partial charge in [-0.25, -0.2) is 0 Å². The van der Waals surface area contributed by atoms with E-state index in [9.17, 15) is 4.79 Å². The molecular weight excluding hydrogens is 224 g/mol. The van der Waals surface area contributed by atoms with Crippen molar-refractivity contribution in [2.45, 2.75) is 32.6 Å². The molecule has 1 saturated carbocycles. The minimum Gasteiger partial charge on any atom is -0.330 e. The highest BCUT2D eigenvalue weighted by Gasteiger charge is 2.27. The lowest BCUT2D eigenvalue weighted by Crippen LogP contribution is -2.33. The monoisotopic (exact) mass is 246 g/mol. The standard InChI is InChI=1S/C15H22N2O/c1-12-3-7-14(8-4-12)17(10-2-9-16)15(18)11-13-5-6-13/h3-4,7-8,13H,2,5-6,9-11,16H2,1H3. The van der Waals surface area contributed by atoms with Gasteiger partial charge in [0.25, 0.3) is 0 Å². The second-order valence-electron chi connectivity index (χ2n) is 5.17. The van der Waals surface area contributed by atoms with Gasteiger partial charge in [0.05, 0.1) is 0 Å². The third kappa shape index (κ3) is 3.57. The third-order valence-electron chi connectivity index (χ3n) is 3.39. The van der Waals surface area contributed by atoms with Crippen LogP contribution in [0.3, 0.4) is 0 Å². The zero-order valence-corrected chi connectivity index (χ0v) is 11.1. The fourth-order valence-electron chi connectivity index (χ4n) is 2.05. The van der Waals surface area contributed by atoms with Crippen molar-refractivity contribution in [1.29, 1.82) is 0 Å². The molecule has 0 unspecified atom stereocenters. The third-order valence-corrected chi connectivity index (χ3v) is 3.39. The summed E-state index contributed by atoms with van der Waals surface area (Å²) in [5.74, 6) is 0.873. The molecule has 0 radical (unpaired) electrons. The van der Waals surface area contributed by atoms with E-state index in [0.29, 0.717) is 18.9 Å². The Hall–Kier alpha value is -1.35. The molecule has 1 aliphatic carbocycles. The molecule has 2 rings (SSSR count). The smallest absolute Gasteiger partial charge is 0.227 e. The Balaban J connectivity index is 2.07. The Morgan fingerprint density at radius 2 is 2.00 bits per heavy atom. The molecule has 3 nitrogen and oxygen atoms in total. The lowest BCUT2D eigenvalue weighted by atomic mass is 10.2. The number of hydrogen-bond acceptors (Lipinski definition) is 2. The molecule has 0 heterocycles. The van der Waals surface area contributed by atoms with E-state index in [1.807, 2.05) is 17.0 Å². The van der Waals surface area contributed by atoms with Crippen LogP contribution >= 0.6 is 0 Å². The second kappa shape index (κ2) is 6.01. The molecule has 1 aromatic rings. The van der Waals surface area contributed by atoms with E-state index in [0.717, 1.165) is 18.7 Å². The van der Waals surface area contributed by atoms with E-state index in [1.54, 1.807) is 0 Å². The second-order valence-corrected chi connectivity index (χ2v) is 5.17. The summed E-state index contributed by atoms with van der Waals surface area (Å²) in [5.41, 5.74) is 7.77. The van der Waals surface area contributed by atoms with E-state index in [-0.39, 0.29) is 5.91 Å². The molecule has 98 valence electrons. The van der Waals surface area contributed by atoms with Crippen molar-refractivity contribution in [1.82, 2.24) is 0 Å². The molecule has 0 bridgehead atoms. The lowest BCUT2D eigenvalue weighted by molar-refractivity contribution is -0.118. The van der Waals surface area contributed by atoms with Crippen molar-refractivity contribution >= 4 is 11.6 Å². The van der Waals surface area contributed by atoms with Crippen LogP contribution in [0.15, 0.2) is 24.3 Å². The molecule has 1 fully saturated rings. The fourth-order valence-corrected chi connectivity index (χ4v) is 2.05. The average Bonchev–Trinajstić information content (AvgIpc) is 3.16. The quantitative estimate of drug-likeness (QED) is 0.838. The summed E-state index contributed by atoms with van der Waals surface area (Å²) in [5, 5.41) is 0. The molecule has 0 saturated heterocycles. The summed E-state index contributed by atoms with van der Waals surface area (Å²) in [6.07, 6.45) is 3.97. The normalized spacial score (nSPS) is 14.6. The molecule has 1 aliphatic rings. The first kappa shape index (κ1) is 13.1. The number of carbonyl (C=O) groups is 1. The summed E-state index contributed by atoms with van der Waals surface area (Å²) in [6, 6.07) is 8.15. The molecule has 0 aliphatic heterocycles. The lowest BCUT2D eigenvalue weighted by Gasteiger charge is -2.23. The van der Waals surface area contributed by atoms with Crippen LogP contribution in [0, 0.1) is 12.8 Å². The molecule has 0 aromatic heterocycles. The zero-order chi connectivity index (χ0) is 13.0.